The Hall–Kier alpha value is -3.98. The topological polar surface area (TPSA) is 98.7 Å². The number of aryl methyl sites for hydroxylation is 1. The van der Waals surface area contributed by atoms with Gasteiger partial charge in [0.25, 0.3) is 10.0 Å². The maximum atomic E-state index is 13.1. The molecule has 4 rings (SSSR count). The van der Waals surface area contributed by atoms with Gasteiger partial charge < -0.3 is 9.47 Å². The van der Waals surface area contributed by atoms with Gasteiger partial charge >= 0.3 is 5.97 Å². The first-order valence-corrected chi connectivity index (χ1v) is 11.9. The normalized spacial score (nSPS) is 11.3. The van der Waals surface area contributed by atoms with Crippen LogP contribution in [0.2, 0.25) is 0 Å². The summed E-state index contributed by atoms with van der Waals surface area (Å²) in [6, 6.07) is 19.9. The number of anilines is 1. The van der Waals surface area contributed by atoms with Crippen molar-refractivity contribution in [2.24, 2.45) is 0 Å². The number of carbonyl (C=O) groups excluding carboxylic acids is 1. The molecule has 1 heterocycles. The van der Waals surface area contributed by atoms with Crippen LogP contribution in [0.25, 0.3) is 11.0 Å². The first kappa shape index (κ1) is 23.2. The number of hydrogen-bond donors (Lipinski definition) is 0. The maximum Gasteiger partial charge on any atom is 0.338 e. The predicted molar refractivity (Wildman–Crippen MR) is 128 cm³/mol. The Labute approximate surface area is 197 Å². The molecule has 0 radical (unpaired) electrons. The van der Waals surface area contributed by atoms with E-state index in [0.29, 0.717) is 28.3 Å². The molecule has 0 N–H and O–H groups in total. The number of esters is 1. The molecular formula is C25H23N3O5S. The van der Waals surface area contributed by atoms with Crippen molar-refractivity contribution in [3.63, 3.8) is 0 Å². The van der Waals surface area contributed by atoms with Crippen LogP contribution in [0.5, 0.6) is 5.75 Å². The van der Waals surface area contributed by atoms with Crippen LogP contribution in [0, 0.1) is 6.92 Å². The molecule has 0 aliphatic heterocycles. The summed E-state index contributed by atoms with van der Waals surface area (Å²) in [5, 5.41) is 0. The Morgan fingerprint density at radius 3 is 2.21 bits per heavy atom. The lowest BCUT2D eigenvalue weighted by atomic mass is 10.2. The number of sulfonamides is 1. The zero-order valence-corrected chi connectivity index (χ0v) is 19.7. The number of hydrogen-bond acceptors (Lipinski definition) is 7. The zero-order valence-electron chi connectivity index (χ0n) is 18.9. The molecule has 0 aliphatic rings. The predicted octanol–water partition coefficient (Wildman–Crippen LogP) is 4.13. The van der Waals surface area contributed by atoms with E-state index in [-0.39, 0.29) is 17.1 Å². The fourth-order valence-corrected chi connectivity index (χ4v) is 4.63. The van der Waals surface area contributed by atoms with E-state index in [1.54, 1.807) is 31.2 Å². The fourth-order valence-electron chi connectivity index (χ4n) is 3.42. The van der Waals surface area contributed by atoms with E-state index in [1.165, 1.54) is 38.4 Å². The lowest BCUT2D eigenvalue weighted by Crippen LogP contribution is -2.27. The second-order valence-electron chi connectivity index (χ2n) is 7.49. The van der Waals surface area contributed by atoms with Crippen LogP contribution < -0.4 is 9.04 Å². The van der Waals surface area contributed by atoms with Gasteiger partial charge in [0.2, 0.25) is 0 Å². The molecule has 0 atom stereocenters. The monoisotopic (exact) mass is 477 g/mol. The summed E-state index contributed by atoms with van der Waals surface area (Å²) in [6.07, 6.45) is 0. The number of methoxy groups -OCH3 is 1. The Morgan fingerprint density at radius 1 is 0.912 bits per heavy atom. The quantitative estimate of drug-likeness (QED) is 0.369. The molecule has 8 nitrogen and oxygen atoms in total. The standard InChI is InChI=1S/C25H23N3O5S/c1-17-22(27-21-9-5-4-8-20(21)26-17)16-33-25(29)18-12-14-19(15-13-18)34(30,31)28(2)23-10-6-7-11-24(23)32-3/h4-15H,16H2,1-3H3. The van der Waals surface area contributed by atoms with E-state index in [9.17, 15) is 13.2 Å². The number of nitrogens with zero attached hydrogens (tertiary/aromatic N) is 3. The summed E-state index contributed by atoms with van der Waals surface area (Å²) in [5.74, 6) is -0.155. The molecule has 3 aromatic carbocycles. The number of benzene rings is 3. The van der Waals surface area contributed by atoms with Crippen molar-refractivity contribution in [3.8, 4) is 5.75 Å². The van der Waals surface area contributed by atoms with Crippen LogP contribution in [-0.4, -0.2) is 38.5 Å². The highest BCUT2D eigenvalue weighted by Crippen LogP contribution is 2.31. The van der Waals surface area contributed by atoms with Crippen molar-refractivity contribution in [1.82, 2.24) is 9.97 Å². The van der Waals surface area contributed by atoms with E-state index in [4.69, 9.17) is 9.47 Å². The SMILES string of the molecule is COc1ccccc1N(C)S(=O)(=O)c1ccc(C(=O)OCc2nc3ccccc3nc2C)cc1. The van der Waals surface area contributed by atoms with Crippen LogP contribution in [-0.2, 0) is 21.4 Å². The number of aromatic nitrogens is 2. The Morgan fingerprint density at radius 2 is 1.53 bits per heavy atom. The summed E-state index contributed by atoms with van der Waals surface area (Å²) in [4.78, 5) is 21.6. The van der Waals surface area contributed by atoms with E-state index in [2.05, 4.69) is 9.97 Å². The van der Waals surface area contributed by atoms with Crippen molar-refractivity contribution in [3.05, 3.63) is 89.7 Å². The third-order valence-corrected chi connectivity index (χ3v) is 7.14. The molecule has 174 valence electrons. The molecule has 0 spiro atoms. The van der Waals surface area contributed by atoms with Gasteiger partial charge in [-0.15, -0.1) is 0 Å². The van der Waals surface area contributed by atoms with Crippen molar-refractivity contribution in [2.75, 3.05) is 18.5 Å². The summed E-state index contributed by atoms with van der Waals surface area (Å²) < 4.78 is 38.0. The molecular weight excluding hydrogens is 454 g/mol. The van der Waals surface area contributed by atoms with Crippen LogP contribution in [0.4, 0.5) is 5.69 Å². The van der Waals surface area contributed by atoms with E-state index >= 15 is 0 Å². The Balaban J connectivity index is 1.49. The number of para-hydroxylation sites is 4. The summed E-state index contributed by atoms with van der Waals surface area (Å²) in [5.41, 5.74) is 3.35. The highest BCUT2D eigenvalue weighted by Gasteiger charge is 2.24. The molecule has 0 unspecified atom stereocenters. The number of ether oxygens (including phenoxy) is 2. The lowest BCUT2D eigenvalue weighted by Gasteiger charge is -2.21. The molecule has 0 saturated heterocycles. The average Bonchev–Trinajstić information content (AvgIpc) is 2.86. The Bertz CT molecular complexity index is 1450. The van der Waals surface area contributed by atoms with Gasteiger partial charge in [-0.1, -0.05) is 24.3 Å². The minimum absolute atomic E-state index is 0.0358. The summed E-state index contributed by atoms with van der Waals surface area (Å²) >= 11 is 0. The Kier molecular flexibility index (Phi) is 6.47. The van der Waals surface area contributed by atoms with Crippen LogP contribution in [0.15, 0.2) is 77.7 Å². The van der Waals surface area contributed by atoms with Gasteiger partial charge in [-0.25, -0.2) is 23.2 Å². The highest BCUT2D eigenvalue weighted by molar-refractivity contribution is 7.92. The molecule has 0 amide bonds. The molecule has 0 aliphatic carbocycles. The van der Waals surface area contributed by atoms with Gasteiger partial charge in [-0.2, -0.15) is 0 Å². The number of rotatable bonds is 7. The smallest absolute Gasteiger partial charge is 0.338 e. The fraction of sp³-hybridized carbons (Fsp3) is 0.160. The molecule has 0 bridgehead atoms. The average molecular weight is 478 g/mol. The minimum Gasteiger partial charge on any atom is -0.495 e. The van der Waals surface area contributed by atoms with Crippen molar-refractivity contribution < 1.29 is 22.7 Å². The van der Waals surface area contributed by atoms with Crippen LogP contribution in [0.3, 0.4) is 0 Å². The second-order valence-corrected chi connectivity index (χ2v) is 9.46. The molecule has 4 aromatic rings. The summed E-state index contributed by atoms with van der Waals surface area (Å²) in [7, 11) is -0.942. The first-order chi connectivity index (χ1) is 16.3. The molecule has 0 saturated carbocycles. The number of carbonyl (C=O) groups is 1. The van der Waals surface area contributed by atoms with Gasteiger partial charge in [0.05, 0.1) is 45.7 Å². The van der Waals surface area contributed by atoms with Gasteiger partial charge in [-0.05, 0) is 55.5 Å². The zero-order chi connectivity index (χ0) is 24.3. The largest absolute Gasteiger partial charge is 0.495 e. The van der Waals surface area contributed by atoms with Crippen molar-refractivity contribution >= 4 is 32.7 Å². The minimum atomic E-state index is -3.87. The van der Waals surface area contributed by atoms with E-state index < -0.39 is 16.0 Å². The van der Waals surface area contributed by atoms with Gasteiger partial charge in [0.15, 0.2) is 0 Å². The van der Waals surface area contributed by atoms with Crippen LogP contribution >= 0.6 is 0 Å². The van der Waals surface area contributed by atoms with Gasteiger partial charge in [0, 0.05) is 7.05 Å². The molecule has 1 aromatic heterocycles. The first-order valence-electron chi connectivity index (χ1n) is 10.4. The molecule has 34 heavy (non-hydrogen) atoms. The second kappa shape index (κ2) is 9.48. The molecule has 0 fully saturated rings. The van der Waals surface area contributed by atoms with E-state index in [1.807, 2.05) is 24.3 Å². The van der Waals surface area contributed by atoms with Crippen LogP contribution in [0.1, 0.15) is 21.7 Å². The summed E-state index contributed by atoms with van der Waals surface area (Å²) in [6.45, 7) is 1.76. The van der Waals surface area contributed by atoms with Gasteiger partial charge in [-0.3, -0.25) is 4.31 Å². The van der Waals surface area contributed by atoms with Crippen molar-refractivity contribution in [2.45, 2.75) is 18.4 Å². The molecule has 9 heteroatoms. The van der Waals surface area contributed by atoms with E-state index in [0.717, 1.165) is 9.82 Å². The third kappa shape index (κ3) is 4.55. The van der Waals surface area contributed by atoms with Gasteiger partial charge in [0.1, 0.15) is 12.4 Å². The van der Waals surface area contributed by atoms with Crippen molar-refractivity contribution in [1.29, 1.82) is 0 Å². The number of fused-ring (bicyclic) bond motifs is 1. The highest BCUT2D eigenvalue weighted by atomic mass is 32.2. The lowest BCUT2D eigenvalue weighted by molar-refractivity contribution is 0.0467. The maximum absolute atomic E-state index is 13.1. The third-order valence-electron chi connectivity index (χ3n) is 5.36.